The van der Waals surface area contributed by atoms with E-state index < -0.39 is 0 Å². The summed E-state index contributed by atoms with van der Waals surface area (Å²) in [6.07, 6.45) is 0. The summed E-state index contributed by atoms with van der Waals surface area (Å²) in [5, 5.41) is 0. The van der Waals surface area contributed by atoms with Crippen LogP contribution in [0.25, 0.3) is 0 Å². The van der Waals surface area contributed by atoms with Crippen LogP contribution in [0.1, 0.15) is 0 Å². The third kappa shape index (κ3) is 2.13. The van der Waals surface area contributed by atoms with Gasteiger partial charge in [0, 0.05) is 0 Å². The molecule has 3 N–H and O–H groups in total. The Kier molecular flexibility index (Phi) is 2.74. The summed E-state index contributed by atoms with van der Waals surface area (Å²) >= 11 is 0. The summed E-state index contributed by atoms with van der Waals surface area (Å²) in [4.78, 5) is 0. The predicted molar refractivity (Wildman–Crippen MR) is 43.9 cm³/mol. The fraction of sp³-hybridized carbons (Fsp3) is 0.125. The first-order chi connectivity index (χ1) is 5.36. The van der Waals surface area contributed by atoms with E-state index in [1.54, 1.807) is 12.5 Å². The largest absolute Gasteiger partial charge is 0.497 e. The van der Waals surface area contributed by atoms with E-state index in [4.69, 9.17) is 4.74 Å². The van der Waals surface area contributed by atoms with Crippen LogP contribution < -0.4 is 15.6 Å². The number of ether oxygens (including phenoxy) is 1. The Bertz CT molecular complexity index is 208. The Hall–Kier alpha value is -1.22. The van der Waals surface area contributed by atoms with Crippen LogP contribution in [0.5, 0.6) is 5.75 Å². The van der Waals surface area contributed by atoms with Crippen LogP contribution in [0.15, 0.2) is 24.3 Å². The Morgan fingerprint density at radius 2 is 2.00 bits per heavy atom. The lowest BCUT2D eigenvalue weighted by Gasteiger charge is -2.04. The highest BCUT2D eigenvalue weighted by atomic mass is 16.5. The van der Waals surface area contributed by atoms with Crippen molar-refractivity contribution in [2.75, 3.05) is 12.5 Å². The molecule has 0 saturated carbocycles. The minimum Gasteiger partial charge on any atom is -0.497 e. The highest BCUT2D eigenvalue weighted by Gasteiger charge is 1.90. The van der Waals surface area contributed by atoms with Gasteiger partial charge in [-0.25, -0.2) is 0 Å². The van der Waals surface area contributed by atoms with Crippen molar-refractivity contribution in [3.63, 3.8) is 0 Å². The van der Waals surface area contributed by atoms with Gasteiger partial charge in [0.15, 0.2) is 0 Å². The second kappa shape index (κ2) is 3.83. The second-order valence-corrected chi connectivity index (χ2v) is 2.08. The molecule has 0 aliphatic heterocycles. The van der Waals surface area contributed by atoms with Gasteiger partial charge in [0.1, 0.15) is 5.75 Å². The van der Waals surface area contributed by atoms with Crippen LogP contribution in [-0.4, -0.2) is 7.11 Å². The van der Waals surface area contributed by atoms with Gasteiger partial charge in [-0.15, -0.1) is 7.05 Å². The lowest BCUT2D eigenvalue weighted by molar-refractivity contribution is -0.563. The third-order valence-electron chi connectivity index (χ3n) is 1.36. The molecule has 0 spiro atoms. The van der Waals surface area contributed by atoms with E-state index >= 15 is 0 Å². The molecule has 0 bridgehead atoms. The first-order valence-electron chi connectivity index (χ1n) is 3.38. The summed E-state index contributed by atoms with van der Waals surface area (Å²) in [6, 6.07) is 7.65. The van der Waals surface area contributed by atoms with Crippen molar-refractivity contribution in [2.24, 2.45) is 0 Å². The zero-order chi connectivity index (χ0) is 8.10. The number of benzene rings is 1. The normalized spacial score (nSPS) is 9.27. The summed E-state index contributed by atoms with van der Waals surface area (Å²) in [5.74, 6) is 0.861. The molecule has 1 aromatic carbocycles. The molecule has 0 unspecified atom stereocenters. The van der Waals surface area contributed by atoms with E-state index in [-0.39, 0.29) is 0 Å². The molecular formula is C8H12N2O. The Labute approximate surface area is 66.3 Å². The van der Waals surface area contributed by atoms with Crippen LogP contribution in [0, 0.1) is 7.05 Å². The smallest absolute Gasteiger partial charge is 0.119 e. The van der Waals surface area contributed by atoms with E-state index in [2.05, 4.69) is 12.5 Å². The molecule has 0 aromatic heterocycles. The Morgan fingerprint density at radius 1 is 1.36 bits per heavy atom. The highest BCUT2D eigenvalue weighted by Crippen LogP contribution is 2.13. The Morgan fingerprint density at radius 3 is 2.45 bits per heavy atom. The van der Waals surface area contributed by atoms with Crippen molar-refractivity contribution in [3.05, 3.63) is 31.3 Å². The summed E-state index contributed by atoms with van der Waals surface area (Å²) in [6.45, 7) is 0. The molecule has 0 aliphatic rings. The molecule has 60 valence electrons. The SMILES string of the molecule is [CH2-][NH2+]Nc1ccc(OC)cc1. The lowest BCUT2D eigenvalue weighted by Crippen LogP contribution is -2.81. The van der Waals surface area contributed by atoms with E-state index in [1.165, 1.54) is 0 Å². The molecule has 0 heterocycles. The second-order valence-electron chi connectivity index (χ2n) is 2.08. The zero-order valence-electron chi connectivity index (χ0n) is 6.50. The summed E-state index contributed by atoms with van der Waals surface area (Å²) in [5.41, 5.74) is 5.62. The topological polar surface area (TPSA) is 37.9 Å². The van der Waals surface area contributed by atoms with Crippen molar-refractivity contribution < 1.29 is 10.2 Å². The predicted octanol–water partition coefficient (Wildman–Crippen LogP) is 0.377. The molecule has 0 aliphatic carbocycles. The van der Waals surface area contributed by atoms with Gasteiger partial charge in [-0.3, -0.25) is 5.43 Å². The summed E-state index contributed by atoms with van der Waals surface area (Å²) in [7, 11) is 5.20. The average Bonchev–Trinajstić information content (AvgIpc) is 2.07. The molecule has 0 radical (unpaired) electrons. The van der Waals surface area contributed by atoms with Gasteiger partial charge in [-0.1, -0.05) is 0 Å². The van der Waals surface area contributed by atoms with Gasteiger partial charge in [-0.05, 0) is 24.3 Å². The monoisotopic (exact) mass is 152 g/mol. The van der Waals surface area contributed by atoms with Crippen LogP contribution in [0.4, 0.5) is 5.69 Å². The molecular weight excluding hydrogens is 140 g/mol. The fourth-order valence-corrected chi connectivity index (χ4v) is 0.805. The maximum atomic E-state index is 4.99. The molecule has 1 aromatic rings. The van der Waals surface area contributed by atoms with E-state index in [0.29, 0.717) is 0 Å². The lowest BCUT2D eigenvalue weighted by atomic mass is 10.3. The molecule has 3 nitrogen and oxygen atoms in total. The third-order valence-corrected chi connectivity index (χ3v) is 1.36. The highest BCUT2D eigenvalue weighted by molar-refractivity contribution is 5.43. The number of rotatable bonds is 3. The van der Waals surface area contributed by atoms with E-state index in [1.807, 2.05) is 24.3 Å². The fourth-order valence-electron chi connectivity index (χ4n) is 0.805. The molecule has 0 amide bonds. The maximum absolute atomic E-state index is 4.99. The number of methoxy groups -OCH3 is 1. The molecule has 11 heavy (non-hydrogen) atoms. The minimum atomic E-state index is 0.861. The van der Waals surface area contributed by atoms with Crippen molar-refractivity contribution in [2.45, 2.75) is 0 Å². The van der Waals surface area contributed by atoms with Crippen LogP contribution >= 0.6 is 0 Å². The van der Waals surface area contributed by atoms with E-state index in [0.717, 1.165) is 11.4 Å². The van der Waals surface area contributed by atoms with Gasteiger partial charge in [0.2, 0.25) is 0 Å². The molecule has 1 rings (SSSR count). The number of hydrogen-bond donors (Lipinski definition) is 2. The quantitative estimate of drug-likeness (QED) is 0.373. The number of hydrogen-bond acceptors (Lipinski definition) is 2. The van der Waals surface area contributed by atoms with Gasteiger partial charge in [0.05, 0.1) is 12.8 Å². The number of nitrogens with two attached hydrogens (primary N) is 1. The Balaban J connectivity index is 2.66. The number of anilines is 1. The first-order valence-corrected chi connectivity index (χ1v) is 3.38. The molecule has 0 saturated heterocycles. The molecule has 0 fully saturated rings. The van der Waals surface area contributed by atoms with Gasteiger partial charge in [0.25, 0.3) is 0 Å². The standard InChI is InChI=1S/C8H12N2O/c1-9-10-7-3-5-8(11-2)6-4-7/h3-6,10H,1,9H2,2H3. The maximum Gasteiger partial charge on any atom is 0.119 e. The van der Waals surface area contributed by atoms with Crippen molar-refractivity contribution >= 4 is 5.69 Å². The molecule has 3 heteroatoms. The average molecular weight is 152 g/mol. The van der Waals surface area contributed by atoms with Crippen molar-refractivity contribution in [1.82, 2.24) is 0 Å². The number of quaternary nitrogens is 1. The van der Waals surface area contributed by atoms with Crippen molar-refractivity contribution in [1.29, 1.82) is 0 Å². The van der Waals surface area contributed by atoms with Crippen molar-refractivity contribution in [3.8, 4) is 5.75 Å². The number of nitrogens with one attached hydrogen (secondary N) is 1. The number of nitrogen functional groups attached to an aromatic ring is 1. The first kappa shape index (κ1) is 7.88. The van der Waals surface area contributed by atoms with Gasteiger partial charge < -0.3 is 10.2 Å². The van der Waals surface area contributed by atoms with Gasteiger partial charge in [-0.2, -0.15) is 0 Å². The van der Waals surface area contributed by atoms with Crippen LogP contribution in [0.2, 0.25) is 0 Å². The van der Waals surface area contributed by atoms with Crippen LogP contribution in [0.3, 0.4) is 0 Å². The molecule has 0 atom stereocenters. The zero-order valence-corrected chi connectivity index (χ0v) is 6.50. The van der Waals surface area contributed by atoms with E-state index in [9.17, 15) is 0 Å². The van der Waals surface area contributed by atoms with Crippen LogP contribution in [-0.2, 0) is 0 Å². The van der Waals surface area contributed by atoms with Gasteiger partial charge >= 0.3 is 0 Å². The summed E-state index contributed by atoms with van der Waals surface area (Å²) < 4.78 is 4.99. The minimum absolute atomic E-state index is 0.861.